The van der Waals surface area contributed by atoms with Crippen molar-refractivity contribution in [3.8, 4) is 0 Å². The van der Waals surface area contributed by atoms with E-state index in [1.54, 1.807) is 17.0 Å². The average Bonchev–Trinajstić information content (AvgIpc) is 2.89. The number of benzene rings is 2. The minimum atomic E-state index is -0.501. The Bertz CT molecular complexity index is 761. The summed E-state index contributed by atoms with van der Waals surface area (Å²) in [6.45, 7) is 2.61. The molecule has 0 unspecified atom stereocenters. The van der Waals surface area contributed by atoms with Crippen LogP contribution in [0.25, 0.3) is 0 Å². The lowest BCUT2D eigenvalue weighted by Crippen LogP contribution is -2.43. The van der Waals surface area contributed by atoms with Crippen molar-refractivity contribution in [2.24, 2.45) is 0 Å². The zero-order valence-electron chi connectivity index (χ0n) is 13.3. The molecular weight excluding hydrogens is 370 g/mol. The molecule has 2 aromatic rings. The zero-order valence-corrected chi connectivity index (χ0v) is 14.8. The maximum Gasteiger partial charge on any atom is 0.319 e. The molecule has 0 spiro atoms. The minimum absolute atomic E-state index is 0.0803. The van der Waals surface area contributed by atoms with Crippen LogP contribution in [0.15, 0.2) is 53.0 Å². The van der Waals surface area contributed by atoms with E-state index in [0.29, 0.717) is 18.7 Å². The van der Waals surface area contributed by atoms with Crippen LogP contribution in [0.3, 0.4) is 0 Å². The van der Waals surface area contributed by atoms with Crippen molar-refractivity contribution in [3.05, 3.63) is 58.6 Å². The van der Waals surface area contributed by atoms with E-state index < -0.39 is 6.04 Å². The maximum absolute atomic E-state index is 12.5. The Kier molecular flexibility index (Phi) is 4.85. The van der Waals surface area contributed by atoms with Crippen LogP contribution in [0.5, 0.6) is 0 Å². The molecule has 2 N–H and O–H groups in total. The first kappa shape index (κ1) is 16.5. The third-order valence-corrected chi connectivity index (χ3v) is 4.43. The van der Waals surface area contributed by atoms with E-state index in [1.165, 1.54) is 0 Å². The second-order valence-corrected chi connectivity index (χ2v) is 6.69. The van der Waals surface area contributed by atoms with E-state index in [-0.39, 0.29) is 11.9 Å². The number of anilines is 2. The molecule has 0 bridgehead atoms. The van der Waals surface area contributed by atoms with Gasteiger partial charge >= 0.3 is 6.03 Å². The van der Waals surface area contributed by atoms with E-state index in [0.717, 1.165) is 15.7 Å². The Morgan fingerprint density at radius 1 is 1.21 bits per heavy atom. The number of carbonyl (C=O) groups is 2. The van der Waals surface area contributed by atoms with E-state index in [2.05, 4.69) is 26.6 Å². The molecule has 1 heterocycles. The predicted molar refractivity (Wildman–Crippen MR) is 98.2 cm³/mol. The molecule has 0 aliphatic carbocycles. The van der Waals surface area contributed by atoms with Gasteiger partial charge in [-0.2, -0.15) is 0 Å². The first-order valence-corrected chi connectivity index (χ1v) is 8.53. The Morgan fingerprint density at radius 2 is 1.96 bits per heavy atom. The normalized spacial score (nSPS) is 17.0. The number of hydrogen-bond donors (Lipinski definition) is 2. The third kappa shape index (κ3) is 3.76. The van der Waals surface area contributed by atoms with Crippen LogP contribution in [0.1, 0.15) is 12.0 Å². The number of halogens is 1. The summed E-state index contributed by atoms with van der Waals surface area (Å²) in [7, 11) is 0. The fourth-order valence-electron chi connectivity index (χ4n) is 2.69. The zero-order chi connectivity index (χ0) is 17.1. The van der Waals surface area contributed by atoms with Crippen molar-refractivity contribution in [3.63, 3.8) is 0 Å². The molecule has 1 saturated heterocycles. The average molecular weight is 388 g/mol. The van der Waals surface area contributed by atoms with Gasteiger partial charge in [-0.15, -0.1) is 0 Å². The number of nitrogens with zero attached hydrogens (tertiary/aromatic N) is 1. The standard InChI is InChI=1S/C18H18BrN3O2/c1-12-5-7-15(8-6-12)22-10-9-16(17(22)23)21-18(24)20-14-4-2-3-13(19)11-14/h2-8,11,16H,9-10H2,1H3,(H2,20,21,24)/t16-/m1/s1. The van der Waals surface area contributed by atoms with Crippen LogP contribution < -0.4 is 15.5 Å². The Labute approximate surface area is 149 Å². The van der Waals surface area contributed by atoms with Gasteiger partial charge in [-0.05, 0) is 43.7 Å². The summed E-state index contributed by atoms with van der Waals surface area (Å²) in [6, 6.07) is 14.2. The molecule has 6 heteroatoms. The molecule has 0 aromatic heterocycles. The molecule has 1 atom stereocenters. The van der Waals surface area contributed by atoms with Gasteiger partial charge in [0.25, 0.3) is 0 Å². The topological polar surface area (TPSA) is 61.4 Å². The first-order valence-electron chi connectivity index (χ1n) is 7.74. The lowest BCUT2D eigenvalue weighted by Gasteiger charge is -2.17. The molecule has 0 radical (unpaired) electrons. The number of aryl methyl sites for hydroxylation is 1. The lowest BCUT2D eigenvalue weighted by atomic mass is 10.2. The summed E-state index contributed by atoms with van der Waals surface area (Å²) in [5, 5.41) is 5.49. The number of urea groups is 1. The Hall–Kier alpha value is -2.34. The summed E-state index contributed by atoms with van der Waals surface area (Å²) in [4.78, 5) is 26.3. The molecule has 0 saturated carbocycles. The quantitative estimate of drug-likeness (QED) is 0.843. The number of hydrogen-bond acceptors (Lipinski definition) is 2. The lowest BCUT2D eigenvalue weighted by molar-refractivity contribution is -0.118. The first-order chi connectivity index (χ1) is 11.5. The van der Waals surface area contributed by atoms with Crippen LogP contribution >= 0.6 is 15.9 Å². The van der Waals surface area contributed by atoms with Gasteiger partial charge in [0.05, 0.1) is 0 Å². The van der Waals surface area contributed by atoms with Crippen molar-refractivity contribution in [2.75, 3.05) is 16.8 Å². The second-order valence-electron chi connectivity index (χ2n) is 5.78. The summed E-state index contributed by atoms with van der Waals surface area (Å²) < 4.78 is 0.878. The molecule has 3 amide bonds. The highest BCUT2D eigenvalue weighted by molar-refractivity contribution is 9.10. The minimum Gasteiger partial charge on any atom is -0.326 e. The number of amides is 3. The van der Waals surface area contributed by atoms with Crippen LogP contribution in [-0.2, 0) is 4.79 Å². The fraction of sp³-hybridized carbons (Fsp3) is 0.222. The third-order valence-electron chi connectivity index (χ3n) is 3.94. The number of nitrogens with one attached hydrogen (secondary N) is 2. The Morgan fingerprint density at radius 3 is 2.67 bits per heavy atom. The highest BCUT2D eigenvalue weighted by atomic mass is 79.9. The second kappa shape index (κ2) is 7.05. The van der Waals surface area contributed by atoms with Crippen LogP contribution in [0.2, 0.25) is 0 Å². The van der Waals surface area contributed by atoms with Gasteiger partial charge < -0.3 is 15.5 Å². The summed E-state index contributed by atoms with van der Waals surface area (Å²) in [5.74, 6) is -0.0803. The van der Waals surface area contributed by atoms with Gasteiger partial charge in [-0.3, -0.25) is 4.79 Å². The molecule has 2 aromatic carbocycles. The summed E-state index contributed by atoms with van der Waals surface area (Å²) in [6.07, 6.45) is 0.596. The molecule has 5 nitrogen and oxygen atoms in total. The molecular formula is C18H18BrN3O2. The van der Waals surface area contributed by atoms with E-state index in [1.807, 2.05) is 43.3 Å². The van der Waals surface area contributed by atoms with E-state index in [9.17, 15) is 9.59 Å². The van der Waals surface area contributed by atoms with Gasteiger partial charge in [0.2, 0.25) is 5.91 Å². The predicted octanol–water partition coefficient (Wildman–Crippen LogP) is 3.68. The van der Waals surface area contributed by atoms with Crippen molar-refractivity contribution < 1.29 is 9.59 Å². The highest BCUT2D eigenvalue weighted by Crippen LogP contribution is 2.22. The molecule has 1 aliphatic rings. The molecule has 24 heavy (non-hydrogen) atoms. The fourth-order valence-corrected chi connectivity index (χ4v) is 3.09. The maximum atomic E-state index is 12.5. The summed E-state index contributed by atoms with van der Waals surface area (Å²) >= 11 is 3.36. The van der Waals surface area contributed by atoms with Crippen molar-refractivity contribution >= 4 is 39.2 Å². The van der Waals surface area contributed by atoms with Crippen molar-refractivity contribution in [1.82, 2.24) is 5.32 Å². The molecule has 1 fully saturated rings. The molecule has 1 aliphatic heterocycles. The monoisotopic (exact) mass is 387 g/mol. The highest BCUT2D eigenvalue weighted by Gasteiger charge is 2.33. The smallest absolute Gasteiger partial charge is 0.319 e. The van der Waals surface area contributed by atoms with Gasteiger partial charge in [0, 0.05) is 22.4 Å². The van der Waals surface area contributed by atoms with Crippen LogP contribution in [0, 0.1) is 6.92 Å². The van der Waals surface area contributed by atoms with Gasteiger partial charge in [0.15, 0.2) is 0 Å². The van der Waals surface area contributed by atoms with Crippen molar-refractivity contribution in [2.45, 2.75) is 19.4 Å². The van der Waals surface area contributed by atoms with Crippen LogP contribution in [0.4, 0.5) is 16.2 Å². The van der Waals surface area contributed by atoms with Crippen LogP contribution in [-0.4, -0.2) is 24.5 Å². The van der Waals surface area contributed by atoms with E-state index in [4.69, 9.17) is 0 Å². The SMILES string of the molecule is Cc1ccc(N2CC[C@@H](NC(=O)Nc3cccc(Br)c3)C2=O)cc1. The van der Waals surface area contributed by atoms with Gasteiger partial charge in [-0.1, -0.05) is 39.7 Å². The number of rotatable bonds is 3. The largest absolute Gasteiger partial charge is 0.326 e. The number of carbonyl (C=O) groups excluding carboxylic acids is 2. The molecule has 3 rings (SSSR count). The Balaban J connectivity index is 1.61. The van der Waals surface area contributed by atoms with E-state index >= 15 is 0 Å². The summed E-state index contributed by atoms with van der Waals surface area (Å²) in [5.41, 5.74) is 2.68. The van der Waals surface area contributed by atoms with Crippen molar-refractivity contribution in [1.29, 1.82) is 0 Å². The van der Waals surface area contributed by atoms with Gasteiger partial charge in [-0.25, -0.2) is 4.79 Å². The molecule has 124 valence electrons. The van der Waals surface area contributed by atoms with Gasteiger partial charge in [0.1, 0.15) is 6.04 Å².